The van der Waals surface area contributed by atoms with Gasteiger partial charge in [-0.15, -0.1) is 0 Å². The summed E-state index contributed by atoms with van der Waals surface area (Å²) in [5.41, 5.74) is 1.33. The van der Waals surface area contributed by atoms with E-state index in [0.29, 0.717) is 16.7 Å². The maximum atomic E-state index is 12.8. The summed E-state index contributed by atoms with van der Waals surface area (Å²) in [4.78, 5) is 11.5. The van der Waals surface area contributed by atoms with Crippen LogP contribution < -0.4 is 10.5 Å². The Morgan fingerprint density at radius 1 is 1.17 bits per heavy atom. The Morgan fingerprint density at radius 3 is 2.57 bits per heavy atom. The van der Waals surface area contributed by atoms with Crippen molar-refractivity contribution in [1.82, 2.24) is 9.29 Å². The molecule has 0 bridgehead atoms. The van der Waals surface area contributed by atoms with Gasteiger partial charge in [0.2, 0.25) is 10.0 Å². The maximum absolute atomic E-state index is 12.8. The van der Waals surface area contributed by atoms with E-state index in [1.165, 1.54) is 54.1 Å². The van der Waals surface area contributed by atoms with Crippen LogP contribution in [0.15, 0.2) is 56.6 Å². The van der Waals surface area contributed by atoms with Gasteiger partial charge in [-0.2, -0.15) is 0 Å². The van der Waals surface area contributed by atoms with Crippen LogP contribution in [-0.4, -0.2) is 13.0 Å². The van der Waals surface area contributed by atoms with Gasteiger partial charge in [-0.3, -0.25) is 4.57 Å². The highest BCUT2D eigenvalue weighted by molar-refractivity contribution is 7.89. The third-order valence-electron chi connectivity index (χ3n) is 3.45. The maximum Gasteiger partial charge on any atom is 0.419 e. The Kier molecular flexibility index (Phi) is 3.78. The molecule has 1 N–H and O–H groups in total. The monoisotopic (exact) mass is 336 g/mol. The van der Waals surface area contributed by atoms with Crippen molar-refractivity contribution in [1.29, 1.82) is 0 Å². The van der Waals surface area contributed by atoms with Crippen molar-refractivity contribution in [2.75, 3.05) is 0 Å². The van der Waals surface area contributed by atoms with E-state index in [9.17, 15) is 17.6 Å². The van der Waals surface area contributed by atoms with Crippen molar-refractivity contribution >= 4 is 21.1 Å². The molecule has 0 spiro atoms. The molecule has 0 unspecified atom stereocenters. The Morgan fingerprint density at radius 2 is 1.87 bits per heavy atom. The third-order valence-corrected chi connectivity index (χ3v) is 4.85. The number of rotatable bonds is 4. The van der Waals surface area contributed by atoms with E-state index in [-0.39, 0.29) is 17.3 Å². The molecule has 0 aliphatic carbocycles. The number of benzene rings is 2. The first-order valence-electron chi connectivity index (χ1n) is 6.70. The lowest BCUT2D eigenvalue weighted by Crippen LogP contribution is -2.23. The van der Waals surface area contributed by atoms with Gasteiger partial charge >= 0.3 is 5.76 Å². The number of nitrogens with zero attached hydrogens (tertiary/aromatic N) is 1. The van der Waals surface area contributed by atoms with E-state index in [1.807, 2.05) is 0 Å². The van der Waals surface area contributed by atoms with Gasteiger partial charge in [0.25, 0.3) is 0 Å². The van der Waals surface area contributed by atoms with Crippen molar-refractivity contribution in [2.24, 2.45) is 7.05 Å². The van der Waals surface area contributed by atoms with Crippen LogP contribution in [0.5, 0.6) is 0 Å². The summed E-state index contributed by atoms with van der Waals surface area (Å²) >= 11 is 0. The minimum absolute atomic E-state index is 0.0171. The lowest BCUT2D eigenvalue weighted by Gasteiger charge is -2.07. The van der Waals surface area contributed by atoms with Crippen molar-refractivity contribution < 1.29 is 17.2 Å². The summed E-state index contributed by atoms with van der Waals surface area (Å²) < 4.78 is 46.1. The average molecular weight is 336 g/mol. The summed E-state index contributed by atoms with van der Waals surface area (Å²) in [6.07, 6.45) is 0. The van der Waals surface area contributed by atoms with Crippen LogP contribution in [0, 0.1) is 5.82 Å². The molecule has 1 heterocycles. The highest BCUT2D eigenvalue weighted by atomic mass is 32.2. The minimum Gasteiger partial charge on any atom is -0.408 e. The molecule has 0 saturated heterocycles. The van der Waals surface area contributed by atoms with Crippen LogP contribution in [0.1, 0.15) is 5.56 Å². The smallest absolute Gasteiger partial charge is 0.408 e. The molecule has 3 rings (SSSR count). The van der Waals surface area contributed by atoms with E-state index in [1.54, 1.807) is 0 Å². The zero-order valence-electron chi connectivity index (χ0n) is 12.1. The lowest BCUT2D eigenvalue weighted by atomic mass is 10.2. The molecule has 0 amide bonds. The molecule has 0 radical (unpaired) electrons. The fourth-order valence-electron chi connectivity index (χ4n) is 2.14. The van der Waals surface area contributed by atoms with E-state index < -0.39 is 15.8 Å². The van der Waals surface area contributed by atoms with Crippen molar-refractivity contribution in [2.45, 2.75) is 11.4 Å². The van der Waals surface area contributed by atoms with E-state index in [0.717, 1.165) is 0 Å². The summed E-state index contributed by atoms with van der Waals surface area (Å²) in [5, 5.41) is 0. The van der Waals surface area contributed by atoms with Crippen molar-refractivity contribution in [3.63, 3.8) is 0 Å². The molecule has 0 aliphatic rings. The molecular formula is C15H13FN2O4S. The molecule has 3 aromatic rings. The zero-order valence-corrected chi connectivity index (χ0v) is 12.9. The van der Waals surface area contributed by atoms with Gasteiger partial charge in [-0.05, 0) is 35.9 Å². The number of sulfonamides is 1. The largest absolute Gasteiger partial charge is 0.419 e. The zero-order chi connectivity index (χ0) is 16.6. The quantitative estimate of drug-likeness (QED) is 0.787. The number of hydrogen-bond acceptors (Lipinski definition) is 4. The summed E-state index contributed by atoms with van der Waals surface area (Å²) in [6.45, 7) is 0.0327. The molecule has 0 saturated carbocycles. The predicted octanol–water partition coefficient (Wildman–Crippen LogP) is 1.75. The molecule has 23 heavy (non-hydrogen) atoms. The van der Waals surface area contributed by atoms with Gasteiger partial charge in [0, 0.05) is 13.6 Å². The topological polar surface area (TPSA) is 81.3 Å². The number of aromatic nitrogens is 1. The average Bonchev–Trinajstić information content (AvgIpc) is 2.81. The molecule has 2 aromatic carbocycles. The number of aryl methyl sites for hydroxylation is 1. The van der Waals surface area contributed by atoms with E-state index >= 15 is 0 Å². The van der Waals surface area contributed by atoms with Gasteiger partial charge in [0.1, 0.15) is 5.82 Å². The Balaban J connectivity index is 1.88. The van der Waals surface area contributed by atoms with Crippen LogP contribution in [-0.2, 0) is 23.6 Å². The second-order valence-corrected chi connectivity index (χ2v) is 6.77. The third kappa shape index (κ3) is 3.03. The fourth-order valence-corrected chi connectivity index (χ4v) is 3.17. The van der Waals surface area contributed by atoms with Crippen LogP contribution >= 0.6 is 0 Å². The molecule has 120 valence electrons. The summed E-state index contributed by atoms with van der Waals surface area (Å²) in [7, 11) is -2.27. The first-order chi connectivity index (χ1) is 10.9. The number of nitrogens with one attached hydrogen (secondary N) is 1. The van der Waals surface area contributed by atoms with Crippen LogP contribution in [0.25, 0.3) is 11.1 Å². The second kappa shape index (κ2) is 5.64. The molecule has 0 fully saturated rings. The Hall–Kier alpha value is -2.45. The highest BCUT2D eigenvalue weighted by Crippen LogP contribution is 2.18. The van der Waals surface area contributed by atoms with Gasteiger partial charge < -0.3 is 4.42 Å². The number of halogens is 1. The van der Waals surface area contributed by atoms with E-state index in [4.69, 9.17) is 4.42 Å². The van der Waals surface area contributed by atoms with Crippen LogP contribution in [0.3, 0.4) is 0 Å². The van der Waals surface area contributed by atoms with Crippen molar-refractivity contribution in [3.05, 3.63) is 64.4 Å². The van der Waals surface area contributed by atoms with Gasteiger partial charge in [-0.25, -0.2) is 22.3 Å². The molecule has 1 aromatic heterocycles. The van der Waals surface area contributed by atoms with Crippen molar-refractivity contribution in [3.8, 4) is 0 Å². The first-order valence-corrected chi connectivity index (χ1v) is 8.19. The lowest BCUT2D eigenvalue weighted by molar-refractivity contribution is 0.528. The summed E-state index contributed by atoms with van der Waals surface area (Å²) in [5.74, 6) is -0.947. The molecule has 0 atom stereocenters. The fraction of sp³-hybridized carbons (Fsp3) is 0.133. The second-order valence-electron chi connectivity index (χ2n) is 5.01. The van der Waals surface area contributed by atoms with Gasteiger partial charge in [0.15, 0.2) is 5.58 Å². The minimum atomic E-state index is -3.77. The standard InChI is InChI=1S/C15H13FN2O4S/c1-18-13-8-12(6-7-14(13)22-15(18)19)23(20,21)17-9-10-2-4-11(16)5-3-10/h2-8,17H,9H2,1H3. The van der Waals surface area contributed by atoms with Crippen LogP contribution in [0.4, 0.5) is 4.39 Å². The Labute approximate surface area is 131 Å². The van der Waals surface area contributed by atoms with E-state index in [2.05, 4.69) is 4.72 Å². The normalized spacial score (nSPS) is 11.9. The predicted molar refractivity (Wildman–Crippen MR) is 81.9 cm³/mol. The molecule has 8 heteroatoms. The first kappa shape index (κ1) is 15.4. The number of oxazole rings is 1. The SMILES string of the molecule is Cn1c(=O)oc2ccc(S(=O)(=O)NCc3ccc(F)cc3)cc21. The van der Waals surface area contributed by atoms with Gasteiger partial charge in [-0.1, -0.05) is 12.1 Å². The number of hydrogen-bond donors (Lipinski definition) is 1. The van der Waals surface area contributed by atoms with Gasteiger partial charge in [0.05, 0.1) is 10.4 Å². The molecule has 0 aliphatic heterocycles. The molecular weight excluding hydrogens is 323 g/mol. The number of fused-ring (bicyclic) bond motifs is 1. The Bertz CT molecular complexity index is 1020. The summed E-state index contributed by atoms with van der Waals surface area (Å²) in [6, 6.07) is 9.68. The highest BCUT2D eigenvalue weighted by Gasteiger charge is 2.16. The molecule has 6 nitrogen and oxygen atoms in total. The van der Waals surface area contributed by atoms with Crippen LogP contribution in [0.2, 0.25) is 0 Å².